The summed E-state index contributed by atoms with van der Waals surface area (Å²) in [6.45, 7) is 4.11. The molecule has 0 bridgehead atoms. The molecular formula is C27H24IN5O2. The van der Waals surface area contributed by atoms with Crippen LogP contribution in [0, 0.1) is 15.0 Å². The van der Waals surface area contributed by atoms with Gasteiger partial charge in [0.25, 0.3) is 5.91 Å². The van der Waals surface area contributed by atoms with E-state index in [0.29, 0.717) is 28.8 Å². The summed E-state index contributed by atoms with van der Waals surface area (Å²) in [5.74, 6) is 0.496. The number of ether oxygens (including phenoxy) is 1. The van der Waals surface area contributed by atoms with Gasteiger partial charge in [0.2, 0.25) is 0 Å². The molecule has 0 unspecified atom stereocenters. The van der Waals surface area contributed by atoms with Gasteiger partial charge in [-0.2, -0.15) is 5.26 Å². The summed E-state index contributed by atoms with van der Waals surface area (Å²) in [6, 6.07) is 21.2. The number of nitrogens with zero attached hydrogens (tertiary/aromatic N) is 3. The molecule has 0 saturated carbocycles. The highest BCUT2D eigenvalue weighted by Crippen LogP contribution is 2.30. The number of hydrogen-bond donors (Lipinski definition) is 2. The van der Waals surface area contributed by atoms with Gasteiger partial charge in [-0.1, -0.05) is 24.3 Å². The van der Waals surface area contributed by atoms with Crippen LogP contribution in [0.5, 0.6) is 5.75 Å². The molecule has 0 fully saturated rings. The van der Waals surface area contributed by atoms with Crippen LogP contribution in [-0.4, -0.2) is 23.0 Å². The van der Waals surface area contributed by atoms with Crippen molar-refractivity contribution in [3.63, 3.8) is 0 Å². The van der Waals surface area contributed by atoms with Crippen LogP contribution in [0.15, 0.2) is 66.9 Å². The number of fused-ring (bicyclic) bond motifs is 1. The minimum Gasteiger partial charge on any atom is -0.497 e. The van der Waals surface area contributed by atoms with Crippen LogP contribution in [0.3, 0.4) is 0 Å². The molecule has 0 saturated heterocycles. The third-order valence-electron chi connectivity index (χ3n) is 5.69. The fourth-order valence-corrected chi connectivity index (χ4v) is 3.96. The Bertz CT molecular complexity index is 1410. The molecular weight excluding hydrogens is 553 g/mol. The smallest absolute Gasteiger partial charge is 0.255 e. The number of benzene rings is 2. The Labute approximate surface area is 217 Å². The number of nitriles is 1. The molecule has 0 aliphatic rings. The Morgan fingerprint density at radius 2 is 1.80 bits per heavy atom. The normalized spacial score (nSPS) is 11.1. The fourth-order valence-electron chi connectivity index (χ4n) is 3.54. The number of amides is 1. The van der Waals surface area contributed by atoms with E-state index in [0.717, 1.165) is 26.3 Å². The van der Waals surface area contributed by atoms with Crippen LogP contribution in [0.1, 0.15) is 35.3 Å². The van der Waals surface area contributed by atoms with E-state index in [-0.39, 0.29) is 5.91 Å². The average Bonchev–Trinajstić information content (AvgIpc) is 2.88. The topological polar surface area (TPSA) is 99.9 Å². The van der Waals surface area contributed by atoms with E-state index in [9.17, 15) is 10.1 Å². The van der Waals surface area contributed by atoms with Crippen molar-refractivity contribution in [1.29, 1.82) is 5.26 Å². The maximum atomic E-state index is 13.2. The summed E-state index contributed by atoms with van der Waals surface area (Å²) in [7, 11) is 1.62. The lowest BCUT2D eigenvalue weighted by molar-refractivity contribution is 0.0951. The second-order valence-electron chi connectivity index (χ2n) is 8.52. The summed E-state index contributed by atoms with van der Waals surface area (Å²) in [5.41, 5.74) is 4.31. The Morgan fingerprint density at radius 1 is 1.09 bits per heavy atom. The summed E-state index contributed by atoms with van der Waals surface area (Å²) in [5, 5.41) is 15.8. The maximum absolute atomic E-state index is 13.2. The first-order chi connectivity index (χ1) is 16.8. The maximum Gasteiger partial charge on any atom is 0.255 e. The van der Waals surface area contributed by atoms with Crippen molar-refractivity contribution in [3.8, 4) is 11.8 Å². The van der Waals surface area contributed by atoms with E-state index in [4.69, 9.17) is 4.74 Å². The predicted molar refractivity (Wildman–Crippen MR) is 145 cm³/mol. The van der Waals surface area contributed by atoms with Crippen molar-refractivity contribution in [3.05, 3.63) is 87.3 Å². The first-order valence-corrected chi connectivity index (χ1v) is 12.0. The van der Waals surface area contributed by atoms with E-state index in [1.54, 1.807) is 13.3 Å². The molecule has 176 valence electrons. The molecule has 35 heavy (non-hydrogen) atoms. The van der Waals surface area contributed by atoms with Crippen molar-refractivity contribution < 1.29 is 9.53 Å². The highest BCUT2D eigenvalue weighted by atomic mass is 127. The molecule has 2 N–H and O–H groups in total. The van der Waals surface area contributed by atoms with Gasteiger partial charge in [-0.05, 0) is 84.0 Å². The van der Waals surface area contributed by atoms with Crippen molar-refractivity contribution in [2.24, 2.45) is 0 Å². The van der Waals surface area contributed by atoms with Gasteiger partial charge in [-0.25, -0.2) is 4.98 Å². The van der Waals surface area contributed by atoms with Crippen LogP contribution >= 0.6 is 22.6 Å². The number of carbonyl (C=O) groups is 1. The van der Waals surface area contributed by atoms with E-state index in [1.165, 1.54) is 0 Å². The zero-order chi connectivity index (χ0) is 25.0. The summed E-state index contributed by atoms with van der Waals surface area (Å²) in [6.07, 6.45) is 1.57. The van der Waals surface area contributed by atoms with Gasteiger partial charge in [-0.3, -0.25) is 9.78 Å². The first kappa shape index (κ1) is 24.4. The minimum absolute atomic E-state index is 0.263. The van der Waals surface area contributed by atoms with Gasteiger partial charge in [0, 0.05) is 18.4 Å². The molecule has 2 aromatic carbocycles. The van der Waals surface area contributed by atoms with Gasteiger partial charge in [-0.15, -0.1) is 0 Å². The van der Waals surface area contributed by atoms with Gasteiger partial charge in [0.15, 0.2) is 0 Å². The number of halogens is 1. The van der Waals surface area contributed by atoms with Crippen LogP contribution in [0.4, 0.5) is 11.4 Å². The summed E-state index contributed by atoms with van der Waals surface area (Å²) in [4.78, 5) is 22.3. The van der Waals surface area contributed by atoms with E-state index >= 15 is 0 Å². The number of aromatic nitrogens is 2. The molecule has 2 aromatic heterocycles. The Kier molecular flexibility index (Phi) is 7.17. The molecule has 0 radical (unpaired) electrons. The third-order valence-corrected chi connectivity index (χ3v) is 6.29. The lowest BCUT2D eigenvalue weighted by atomic mass is 9.86. The van der Waals surface area contributed by atoms with Crippen LogP contribution < -0.4 is 15.4 Å². The SMILES string of the molecule is COc1ccc(CNC(=O)c2cnc3ccc(I)nc3c2Nc2ccc(C(C)(C)C#N)cc2)cc1. The third kappa shape index (κ3) is 5.52. The predicted octanol–water partition coefficient (Wildman–Crippen LogP) is 5.72. The molecule has 0 spiro atoms. The number of hydrogen-bond acceptors (Lipinski definition) is 6. The zero-order valence-electron chi connectivity index (χ0n) is 19.6. The summed E-state index contributed by atoms with van der Waals surface area (Å²) < 4.78 is 5.99. The largest absolute Gasteiger partial charge is 0.497 e. The van der Waals surface area contributed by atoms with Crippen molar-refractivity contribution >= 4 is 50.9 Å². The number of pyridine rings is 2. The number of methoxy groups -OCH3 is 1. The zero-order valence-corrected chi connectivity index (χ0v) is 21.8. The molecule has 0 aliphatic heterocycles. The van der Waals surface area contributed by atoms with Crippen molar-refractivity contribution in [1.82, 2.24) is 15.3 Å². The second-order valence-corrected chi connectivity index (χ2v) is 9.62. The quantitative estimate of drug-likeness (QED) is 0.216. The van der Waals surface area contributed by atoms with Crippen LogP contribution in [0.2, 0.25) is 0 Å². The van der Waals surface area contributed by atoms with Crippen LogP contribution in [-0.2, 0) is 12.0 Å². The van der Waals surface area contributed by atoms with Crippen LogP contribution in [0.25, 0.3) is 11.0 Å². The highest BCUT2D eigenvalue weighted by Gasteiger charge is 2.20. The Hall–Kier alpha value is -3.71. The number of nitrogens with one attached hydrogen (secondary N) is 2. The Morgan fingerprint density at radius 3 is 2.46 bits per heavy atom. The second kappa shape index (κ2) is 10.3. The molecule has 8 heteroatoms. The lowest BCUT2D eigenvalue weighted by Gasteiger charge is -2.18. The molecule has 0 aliphatic carbocycles. The van der Waals surface area contributed by atoms with Gasteiger partial charge in [0.05, 0.1) is 35.4 Å². The molecule has 7 nitrogen and oxygen atoms in total. The number of rotatable bonds is 7. The average molecular weight is 577 g/mol. The van der Waals surface area contributed by atoms with Gasteiger partial charge >= 0.3 is 0 Å². The number of anilines is 2. The van der Waals surface area contributed by atoms with E-state index in [2.05, 4.69) is 49.3 Å². The summed E-state index contributed by atoms with van der Waals surface area (Å²) >= 11 is 2.14. The molecule has 4 aromatic rings. The standard InChI is InChI=1S/C27H24IN5O2/c1-27(2,16-29)18-6-8-19(9-7-18)32-24-21(15-30-22-12-13-23(28)33-25(22)24)26(34)31-14-17-4-10-20(35-3)11-5-17/h4-13,15H,14H2,1-3H3,(H,30,32)(H,31,34). The molecule has 1 amide bonds. The van der Waals surface area contributed by atoms with E-state index < -0.39 is 5.41 Å². The fraction of sp³-hybridized carbons (Fsp3) is 0.185. The molecule has 2 heterocycles. The van der Waals surface area contributed by atoms with Gasteiger partial charge in [0.1, 0.15) is 15.0 Å². The monoisotopic (exact) mass is 577 g/mol. The first-order valence-electron chi connectivity index (χ1n) is 11.0. The van der Waals surface area contributed by atoms with Gasteiger partial charge < -0.3 is 15.4 Å². The van der Waals surface area contributed by atoms with Crippen molar-refractivity contribution in [2.75, 3.05) is 12.4 Å². The highest BCUT2D eigenvalue weighted by molar-refractivity contribution is 14.1. The van der Waals surface area contributed by atoms with E-state index in [1.807, 2.05) is 74.5 Å². The Balaban J connectivity index is 1.66. The molecule has 0 atom stereocenters. The molecule has 4 rings (SSSR count). The van der Waals surface area contributed by atoms with Crippen molar-refractivity contribution in [2.45, 2.75) is 25.8 Å². The number of carbonyl (C=O) groups excluding carboxylic acids is 1. The lowest BCUT2D eigenvalue weighted by Crippen LogP contribution is -2.24. The minimum atomic E-state index is -0.591.